The molecule has 6 heteroatoms. The van der Waals surface area contributed by atoms with Crippen LogP contribution < -0.4 is 10.2 Å². The monoisotopic (exact) mass is 600 g/mol. The Kier molecular flexibility index (Phi) is 9.54. The van der Waals surface area contributed by atoms with Gasteiger partial charge in [0.1, 0.15) is 0 Å². The molecule has 0 spiro atoms. The predicted octanol–water partition coefficient (Wildman–Crippen LogP) is 4.32. The van der Waals surface area contributed by atoms with Crippen LogP contribution in [0, 0.1) is 38.0 Å². The smallest absolute Gasteiger partial charge is 0.155 e. The summed E-state index contributed by atoms with van der Waals surface area (Å²) in [4.78, 5) is 4.14. The summed E-state index contributed by atoms with van der Waals surface area (Å²) in [6.45, 7) is 14.9. The van der Waals surface area contributed by atoms with Crippen LogP contribution in [0.25, 0.3) is 0 Å². The second kappa shape index (κ2) is 10.6. The first-order chi connectivity index (χ1) is 12.2. The Labute approximate surface area is 186 Å². The standard InChI is InChI=1S/C21H30F2N3.U/c1-6-7-18-8-9-19(15-20(18)21(4,22)23)25(5)16(2)14-17(3)26-12-10-24-11-13-26;/h8-9,14-15,24H,3-4,6-7,10-13H2,1-2,5H3;/q-1;/b16-14-;. The molecule has 1 fully saturated rings. The van der Waals surface area contributed by atoms with Gasteiger partial charge in [-0.15, -0.1) is 0 Å². The number of allylic oxidation sites excluding steroid dienone is 2. The quantitative estimate of drug-likeness (QED) is 0.372. The summed E-state index contributed by atoms with van der Waals surface area (Å²) in [6, 6.07) is 5.25. The topological polar surface area (TPSA) is 18.5 Å². The Morgan fingerprint density at radius 2 is 2.00 bits per heavy atom. The molecule has 3 nitrogen and oxygen atoms in total. The maximum Gasteiger partial charge on any atom is 0.155 e. The van der Waals surface area contributed by atoms with Gasteiger partial charge in [-0.25, -0.2) is 8.78 Å². The molecule has 27 heavy (non-hydrogen) atoms. The number of rotatable bonds is 7. The van der Waals surface area contributed by atoms with Gasteiger partial charge >= 0.3 is 0 Å². The van der Waals surface area contributed by atoms with Gasteiger partial charge in [-0.3, -0.25) is 6.92 Å². The molecular formula is C21H30F2N3U-. The average molecular weight is 601 g/mol. The minimum atomic E-state index is -3.09. The summed E-state index contributed by atoms with van der Waals surface area (Å²) in [6.07, 6.45) is 3.45. The van der Waals surface area contributed by atoms with Gasteiger partial charge in [-0.2, -0.15) is 0 Å². The Balaban J connectivity index is 0.00000364. The number of aryl methyl sites for hydroxylation is 1. The molecule has 0 bridgehead atoms. The molecule has 1 aliphatic rings. The zero-order valence-corrected chi connectivity index (χ0v) is 20.8. The molecule has 0 aromatic heterocycles. The minimum Gasteiger partial charge on any atom is -0.369 e. The summed E-state index contributed by atoms with van der Waals surface area (Å²) in [5, 5.41) is 3.32. The van der Waals surface area contributed by atoms with Crippen molar-refractivity contribution in [3.63, 3.8) is 0 Å². The molecule has 0 aliphatic carbocycles. The zero-order chi connectivity index (χ0) is 19.3. The van der Waals surface area contributed by atoms with Crippen molar-refractivity contribution >= 4 is 5.69 Å². The van der Waals surface area contributed by atoms with E-state index < -0.39 is 5.92 Å². The van der Waals surface area contributed by atoms with E-state index in [2.05, 4.69) is 23.7 Å². The number of nitrogens with zero attached hydrogens (tertiary/aromatic N) is 2. The molecule has 1 aromatic carbocycles. The maximum atomic E-state index is 14.0. The molecule has 1 saturated heterocycles. The first-order valence-electron chi connectivity index (χ1n) is 9.17. The van der Waals surface area contributed by atoms with E-state index in [-0.39, 0.29) is 36.7 Å². The predicted molar refractivity (Wildman–Crippen MR) is 105 cm³/mol. The fourth-order valence-electron chi connectivity index (χ4n) is 3.19. The van der Waals surface area contributed by atoms with Crippen molar-refractivity contribution in [3.8, 4) is 0 Å². The SMILES string of the molecule is C=C(/C=C(/C)N(C)c1ccc(CCC)c(C([CH2-])(F)F)c1)N1CCNCC1.[U]. The molecule has 1 aliphatic heterocycles. The number of piperazine rings is 1. The van der Waals surface area contributed by atoms with Crippen molar-refractivity contribution in [2.24, 2.45) is 0 Å². The Bertz CT molecular complexity index is 662. The van der Waals surface area contributed by atoms with Crippen molar-refractivity contribution in [1.82, 2.24) is 10.2 Å². The van der Waals surface area contributed by atoms with E-state index in [1.807, 2.05) is 37.9 Å². The zero-order valence-electron chi connectivity index (χ0n) is 16.6. The molecule has 1 heterocycles. The average Bonchev–Trinajstić information content (AvgIpc) is 2.61. The van der Waals surface area contributed by atoms with E-state index in [0.29, 0.717) is 12.0 Å². The number of alkyl halides is 2. The molecule has 148 valence electrons. The van der Waals surface area contributed by atoms with Crippen LogP contribution >= 0.6 is 0 Å². The third kappa shape index (κ3) is 6.62. The minimum absolute atomic E-state index is 0. The molecule has 0 amide bonds. The molecule has 2 rings (SSSR count). The number of hydrogen-bond donors (Lipinski definition) is 1. The molecular weight excluding hydrogens is 570 g/mol. The summed E-state index contributed by atoms with van der Waals surface area (Å²) in [5.41, 5.74) is 3.30. The third-order valence-corrected chi connectivity index (χ3v) is 4.82. The summed E-state index contributed by atoms with van der Waals surface area (Å²) < 4.78 is 27.9. The summed E-state index contributed by atoms with van der Waals surface area (Å²) in [7, 11) is 1.89. The van der Waals surface area contributed by atoms with Crippen molar-refractivity contribution in [1.29, 1.82) is 0 Å². The second-order valence-electron chi connectivity index (χ2n) is 6.87. The molecule has 1 aromatic rings. The second-order valence-corrected chi connectivity index (χ2v) is 6.87. The van der Waals surface area contributed by atoms with Crippen LogP contribution in [0.2, 0.25) is 0 Å². The van der Waals surface area contributed by atoms with Crippen LogP contribution in [0.4, 0.5) is 14.5 Å². The Morgan fingerprint density at radius 1 is 1.37 bits per heavy atom. The summed E-state index contributed by atoms with van der Waals surface area (Å²) in [5.74, 6) is -3.09. The van der Waals surface area contributed by atoms with Crippen LogP contribution in [-0.2, 0) is 12.3 Å². The maximum absolute atomic E-state index is 14.0. The van der Waals surface area contributed by atoms with Gasteiger partial charge in [0.2, 0.25) is 0 Å². The normalized spacial score (nSPS) is 15.3. The third-order valence-electron chi connectivity index (χ3n) is 4.82. The molecule has 0 saturated carbocycles. The number of halogens is 2. The van der Waals surface area contributed by atoms with Crippen molar-refractivity contribution in [2.75, 3.05) is 38.1 Å². The van der Waals surface area contributed by atoms with Crippen molar-refractivity contribution in [2.45, 2.75) is 32.6 Å². The fraction of sp³-hybridized carbons (Fsp3) is 0.476. The number of hydrogen-bond acceptors (Lipinski definition) is 3. The van der Waals surface area contributed by atoms with E-state index in [9.17, 15) is 8.78 Å². The van der Waals surface area contributed by atoms with Crippen molar-refractivity contribution < 1.29 is 39.9 Å². The number of benzene rings is 1. The Morgan fingerprint density at radius 3 is 2.56 bits per heavy atom. The molecule has 1 N–H and O–H groups in total. The van der Waals surface area contributed by atoms with Gasteiger partial charge in [-0.1, -0.05) is 26.0 Å². The van der Waals surface area contributed by atoms with Crippen LogP contribution in [0.5, 0.6) is 0 Å². The van der Waals surface area contributed by atoms with Gasteiger partial charge in [-0.05, 0) is 42.7 Å². The van der Waals surface area contributed by atoms with E-state index in [4.69, 9.17) is 0 Å². The number of anilines is 1. The Hall–Kier alpha value is -0.828. The fourth-order valence-corrected chi connectivity index (χ4v) is 3.19. The van der Waals surface area contributed by atoms with Gasteiger partial charge in [0.05, 0.1) is 0 Å². The first kappa shape index (κ1) is 24.2. The van der Waals surface area contributed by atoms with E-state index in [1.165, 1.54) is 0 Å². The number of nitrogens with one attached hydrogen (secondary N) is 1. The van der Waals surface area contributed by atoms with E-state index >= 15 is 0 Å². The van der Waals surface area contributed by atoms with Crippen molar-refractivity contribution in [3.05, 3.63) is 60.3 Å². The van der Waals surface area contributed by atoms with Gasteiger partial charge in [0.15, 0.2) is 5.92 Å². The van der Waals surface area contributed by atoms with Crippen LogP contribution in [0.15, 0.2) is 42.2 Å². The van der Waals surface area contributed by atoms with Gasteiger partial charge in [0, 0.05) is 81.4 Å². The van der Waals surface area contributed by atoms with Gasteiger partial charge < -0.3 is 15.1 Å². The van der Waals surface area contributed by atoms with Crippen LogP contribution in [-0.4, -0.2) is 38.1 Å². The largest absolute Gasteiger partial charge is 0.369 e. The van der Waals surface area contributed by atoms with E-state index in [1.54, 1.807) is 12.1 Å². The molecule has 0 unspecified atom stereocenters. The van der Waals surface area contributed by atoms with Crippen LogP contribution in [0.1, 0.15) is 31.4 Å². The van der Waals surface area contributed by atoms with E-state index in [0.717, 1.165) is 49.7 Å². The van der Waals surface area contributed by atoms with Crippen LogP contribution in [0.3, 0.4) is 0 Å². The molecule has 0 radical (unpaired) electrons. The summed E-state index contributed by atoms with van der Waals surface area (Å²) >= 11 is 0. The molecule has 0 atom stereocenters. The first-order valence-corrected chi connectivity index (χ1v) is 9.17. The van der Waals surface area contributed by atoms with Gasteiger partial charge in [0.25, 0.3) is 0 Å².